The van der Waals surface area contributed by atoms with Gasteiger partial charge in [0.15, 0.2) is 5.96 Å². The molecule has 13 amide bonds. The van der Waals surface area contributed by atoms with Crippen molar-refractivity contribution in [3.8, 4) is 5.75 Å². The molecule has 0 aliphatic carbocycles. The van der Waals surface area contributed by atoms with Crippen molar-refractivity contribution in [1.82, 2.24) is 78.7 Å². The molecule has 2 heterocycles. The number of guanidine groups is 1. The smallest absolute Gasteiger partial charge is 0.246 e. The van der Waals surface area contributed by atoms with Gasteiger partial charge in [-0.05, 0) is 76.1 Å². The number of nitrogens with two attached hydrogens (primary N) is 3. The molecule has 34 nitrogen and oxygen atoms in total. The number of likely N-dealkylation sites (tertiary alicyclic amines) is 1. The quantitative estimate of drug-likeness (QED) is 0.0128. The van der Waals surface area contributed by atoms with Crippen LogP contribution in [0, 0.1) is 5.41 Å². The fourth-order valence-corrected chi connectivity index (χ4v) is 10.1. The third-order valence-corrected chi connectivity index (χ3v) is 15.4. The van der Waals surface area contributed by atoms with Gasteiger partial charge in [-0.3, -0.25) is 67.7 Å². The van der Waals surface area contributed by atoms with Gasteiger partial charge in [-0.15, -0.1) is 0 Å². The summed E-state index contributed by atoms with van der Waals surface area (Å²) in [5, 5.41) is 57.3. The average Bonchev–Trinajstić information content (AvgIpc) is 1.66. The van der Waals surface area contributed by atoms with E-state index < -0.39 is 156 Å². The first-order chi connectivity index (χ1) is 43.7. The van der Waals surface area contributed by atoms with Crippen LogP contribution in [0.25, 0.3) is 0 Å². The summed E-state index contributed by atoms with van der Waals surface area (Å²) < 4.78 is 0. The van der Waals surface area contributed by atoms with Crippen LogP contribution in [0.15, 0.2) is 36.8 Å². The van der Waals surface area contributed by atoms with Gasteiger partial charge in [0.05, 0.1) is 25.2 Å². The molecule has 1 aromatic heterocycles. The van der Waals surface area contributed by atoms with Crippen molar-refractivity contribution < 1.29 is 72.5 Å². The topological polar surface area (TPSA) is 541 Å². The zero-order valence-corrected chi connectivity index (χ0v) is 54.2. The lowest BCUT2D eigenvalue weighted by Gasteiger charge is -2.30. The summed E-state index contributed by atoms with van der Waals surface area (Å²) in [6.07, 6.45) is 3.55. The number of carbonyl (C=O) groups is 13. The number of hydrogen-bond donors (Lipinski definition) is 23. The van der Waals surface area contributed by atoms with Crippen LogP contribution in [0.3, 0.4) is 0 Å². The molecule has 11 atom stereocenters. The largest absolute Gasteiger partial charge is 0.508 e. The van der Waals surface area contributed by atoms with E-state index in [-0.39, 0.29) is 99.3 Å². The molecule has 1 aliphatic heterocycles. The number of phenolic OH excluding ortho intramolecular Hbond substituents is 1. The molecular weight excluding hydrogens is 1280 g/mol. The number of carbonyl (C=O) groups excluding carboxylic acids is 13. The first-order valence-electron chi connectivity index (χ1n) is 29.2. The van der Waals surface area contributed by atoms with E-state index in [1.165, 1.54) is 55.5 Å². The number of thiol groups is 4. The second kappa shape index (κ2) is 40.7. The van der Waals surface area contributed by atoms with Gasteiger partial charge in [-0.1, -0.05) is 12.1 Å². The van der Waals surface area contributed by atoms with E-state index in [4.69, 9.17) is 22.6 Å². The molecule has 1 aromatic carbocycles. The van der Waals surface area contributed by atoms with Crippen molar-refractivity contribution in [3.63, 3.8) is 0 Å². The number of imidazole rings is 1. The van der Waals surface area contributed by atoms with E-state index in [0.717, 1.165) is 0 Å². The van der Waals surface area contributed by atoms with E-state index in [0.29, 0.717) is 24.1 Å². The second-order valence-corrected chi connectivity index (χ2v) is 22.6. The number of H-pyrrole nitrogens is 1. The predicted molar refractivity (Wildman–Crippen MR) is 346 cm³/mol. The SMILES string of the molecule is CC(=O)N[C@@H](CS)C(=O)N[C@@H](CS)C(=O)N[C@@H](Cc1c[nH]cn1)C(=O)N1CCC[C@H]1C(=O)N[C@@H](C)C(=O)N[C@@H](CS)C(=O)NCC(=O)N[C@@H](CCCNC(=N)N)C(=O)N[C@@H](CCCCN)C(=O)N[C@@H](Cc1ccc(O)cc1)C(=O)N[C@@H](CO)C(=O)N[C@@H](CS)C(N)=O. The molecule has 3 rings (SSSR count). The summed E-state index contributed by atoms with van der Waals surface area (Å²) in [5.74, 6) is -12.3. The van der Waals surface area contributed by atoms with E-state index >= 15 is 0 Å². The van der Waals surface area contributed by atoms with Crippen LogP contribution in [-0.4, -0.2) is 230 Å². The van der Waals surface area contributed by atoms with Crippen molar-refractivity contribution in [2.24, 2.45) is 17.2 Å². The Labute approximate surface area is 552 Å². The molecule has 2 aromatic rings. The lowest BCUT2D eigenvalue weighted by atomic mass is 10.0. The first-order valence-corrected chi connectivity index (χ1v) is 31.7. The third kappa shape index (κ3) is 26.6. The fourth-order valence-electron chi connectivity index (χ4n) is 9.02. The molecule has 1 fully saturated rings. The molecule has 22 N–H and O–H groups in total. The maximum absolute atomic E-state index is 14.3. The van der Waals surface area contributed by atoms with Gasteiger partial charge in [0, 0.05) is 62.1 Å². The first kappa shape index (κ1) is 78.2. The minimum atomic E-state index is -1.65. The zero-order valence-electron chi connectivity index (χ0n) is 50.7. The lowest BCUT2D eigenvalue weighted by molar-refractivity contribution is -0.142. The normalized spacial score (nSPS) is 15.9. The summed E-state index contributed by atoms with van der Waals surface area (Å²) in [7, 11) is 0. The Morgan fingerprint density at radius 2 is 1.14 bits per heavy atom. The summed E-state index contributed by atoms with van der Waals surface area (Å²) in [6.45, 7) is 1.12. The molecule has 1 saturated heterocycles. The monoisotopic (exact) mass is 1370 g/mol. The molecule has 38 heteroatoms. The number of unbranched alkanes of at least 4 members (excludes halogenated alkanes) is 1. The summed E-state index contributed by atoms with van der Waals surface area (Å²) in [6, 6.07) is -9.24. The van der Waals surface area contributed by atoms with E-state index in [9.17, 15) is 72.5 Å². The number of phenols is 1. The van der Waals surface area contributed by atoms with Gasteiger partial charge in [0.25, 0.3) is 0 Å². The number of hydrogen-bond acceptors (Lipinski definition) is 22. The summed E-state index contributed by atoms with van der Waals surface area (Å²) in [5.41, 5.74) is 17.3. The summed E-state index contributed by atoms with van der Waals surface area (Å²) in [4.78, 5) is 182. The van der Waals surface area contributed by atoms with Gasteiger partial charge < -0.3 is 101 Å². The number of primary amides is 1. The highest BCUT2D eigenvalue weighted by atomic mass is 32.1. The van der Waals surface area contributed by atoms with Crippen LogP contribution in [0.4, 0.5) is 0 Å². The van der Waals surface area contributed by atoms with Crippen LogP contribution in [-0.2, 0) is 75.2 Å². The van der Waals surface area contributed by atoms with Crippen molar-refractivity contribution in [3.05, 3.63) is 48.0 Å². The Hall–Kier alpha value is -8.07. The predicted octanol–water partition coefficient (Wildman–Crippen LogP) is -7.52. The number of aromatic nitrogens is 2. The van der Waals surface area contributed by atoms with Crippen LogP contribution in [0.5, 0.6) is 5.75 Å². The summed E-state index contributed by atoms with van der Waals surface area (Å²) >= 11 is 16.5. The van der Waals surface area contributed by atoms with Gasteiger partial charge in [-0.2, -0.15) is 50.5 Å². The molecule has 0 bridgehead atoms. The highest BCUT2D eigenvalue weighted by Gasteiger charge is 2.40. The number of aliphatic hydroxyl groups excluding tert-OH is 1. The molecule has 1 aliphatic rings. The Kier molecular flexibility index (Phi) is 34.6. The number of aromatic amines is 1. The number of nitrogens with one attached hydrogen (secondary N) is 14. The zero-order chi connectivity index (χ0) is 68.6. The number of benzene rings is 1. The van der Waals surface area contributed by atoms with Gasteiger partial charge in [-0.25, -0.2) is 4.98 Å². The highest BCUT2D eigenvalue weighted by Crippen LogP contribution is 2.20. The second-order valence-electron chi connectivity index (χ2n) is 21.2. The molecule has 510 valence electrons. The molecule has 92 heavy (non-hydrogen) atoms. The van der Waals surface area contributed by atoms with Crippen LogP contribution >= 0.6 is 50.5 Å². The third-order valence-electron chi connectivity index (χ3n) is 14.0. The Morgan fingerprint density at radius 3 is 1.71 bits per heavy atom. The van der Waals surface area contributed by atoms with Gasteiger partial charge in [0.2, 0.25) is 76.8 Å². The minimum Gasteiger partial charge on any atom is -0.508 e. The minimum absolute atomic E-state index is 0.0538. The molecule has 0 radical (unpaired) electrons. The van der Waals surface area contributed by atoms with Crippen LogP contribution in [0.1, 0.15) is 70.1 Å². The van der Waals surface area contributed by atoms with E-state index in [1.807, 2.05) is 0 Å². The van der Waals surface area contributed by atoms with Gasteiger partial charge >= 0.3 is 0 Å². The number of amides is 13. The van der Waals surface area contributed by atoms with Crippen molar-refractivity contribution in [1.29, 1.82) is 5.41 Å². The number of aliphatic hydroxyl groups is 1. The van der Waals surface area contributed by atoms with Crippen molar-refractivity contribution in [2.45, 2.75) is 138 Å². The number of nitrogens with zero attached hydrogens (tertiary/aromatic N) is 2. The molecule has 0 saturated carbocycles. The van der Waals surface area contributed by atoms with E-state index in [1.54, 1.807) is 0 Å². The van der Waals surface area contributed by atoms with Crippen molar-refractivity contribution >= 4 is 133 Å². The average molecular weight is 1370 g/mol. The number of rotatable bonds is 40. The molecule has 0 spiro atoms. The Morgan fingerprint density at radius 1 is 0.630 bits per heavy atom. The van der Waals surface area contributed by atoms with Crippen molar-refractivity contribution in [2.75, 3.05) is 55.8 Å². The Balaban J connectivity index is 1.74. The highest BCUT2D eigenvalue weighted by molar-refractivity contribution is 7.80. The van der Waals surface area contributed by atoms with Gasteiger partial charge in [0.1, 0.15) is 72.2 Å². The maximum atomic E-state index is 14.3. The standard InChI is InChI=1S/C54H85N19O15S4/c1-27(63-52(87)41-9-6-16-73(41)53(88)35(18-30-19-59-26-62-30)68-51(86)40(25-92)72-50(85)39(24-91)64-28(2)75)44(79)71-38(23-90)45(80)61-20-42(77)65-32(8-5-15-60-54(57)58)46(81)66-33(7-3-4-14-55)47(82)67-34(17-29-10-12-31(76)13-11-29)48(83)69-36(21-74)49(84)70-37(22-89)43(56)78/h10-13,19,26-27,32-41,74,76,89-92H,3-9,14-18,20-25,55H2,1-2H3,(H2,56,78)(H,59,62)(H,61,80)(H,63,87)(H,64,75)(H,65,77)(H,66,81)(H,67,82)(H,68,86)(H,69,83)(H,70,84)(H,71,79)(H,72,85)(H4,57,58,60)/t27-,32-,33-,34-,35-,36-,37-,38-,39-,40-,41-/m0/s1. The maximum Gasteiger partial charge on any atom is 0.246 e. The van der Waals surface area contributed by atoms with Crippen LogP contribution in [0.2, 0.25) is 0 Å². The molecule has 0 unspecified atom stereocenters. The fraction of sp³-hybridized carbons (Fsp3) is 0.574. The lowest BCUT2D eigenvalue weighted by Crippen LogP contribution is -2.60. The Bertz CT molecular complexity index is 2870. The van der Waals surface area contributed by atoms with E-state index in [2.05, 4.69) is 124 Å². The van der Waals surface area contributed by atoms with Crippen LogP contribution < -0.4 is 81.0 Å². The number of aromatic hydroxyl groups is 1. The molecular formula is C54H85N19O15S4.